The minimum absolute atomic E-state index is 0.160. The monoisotopic (exact) mass is 358 g/mol. The van der Waals surface area contributed by atoms with E-state index in [0.29, 0.717) is 6.42 Å². The highest BCUT2D eigenvalue weighted by Crippen LogP contribution is 2.52. The summed E-state index contributed by atoms with van der Waals surface area (Å²) in [6.45, 7) is 4.08. The number of benzene rings is 1. The summed E-state index contributed by atoms with van der Waals surface area (Å²) in [4.78, 5) is 35.0. The van der Waals surface area contributed by atoms with Crippen molar-refractivity contribution in [3.63, 3.8) is 0 Å². The molecule has 0 aliphatic heterocycles. The summed E-state index contributed by atoms with van der Waals surface area (Å²) in [5.41, 5.74) is 1.61. The van der Waals surface area contributed by atoms with Gasteiger partial charge in [0.25, 0.3) is 0 Å². The lowest BCUT2D eigenvalue weighted by molar-refractivity contribution is -0.173. The van der Waals surface area contributed by atoms with Crippen LogP contribution in [0.5, 0.6) is 0 Å². The summed E-state index contributed by atoms with van der Waals surface area (Å²) >= 11 is 0. The molecule has 6 nitrogen and oxygen atoms in total. The minimum Gasteiger partial charge on any atom is -0.458 e. The summed E-state index contributed by atoms with van der Waals surface area (Å²) in [5.74, 6) is -1.69. The van der Waals surface area contributed by atoms with Gasteiger partial charge in [0.1, 0.15) is 18.3 Å². The van der Waals surface area contributed by atoms with Gasteiger partial charge in [0, 0.05) is 32.6 Å². The van der Waals surface area contributed by atoms with E-state index in [4.69, 9.17) is 14.2 Å². The number of fused-ring (bicyclic) bond motifs is 2. The molecule has 0 spiro atoms. The van der Waals surface area contributed by atoms with Crippen LogP contribution in [0.3, 0.4) is 0 Å². The smallest absolute Gasteiger partial charge is 0.303 e. The van der Waals surface area contributed by atoms with Gasteiger partial charge < -0.3 is 14.2 Å². The Labute approximate surface area is 152 Å². The topological polar surface area (TPSA) is 78.9 Å². The molecule has 3 rings (SSSR count). The maximum atomic E-state index is 11.8. The van der Waals surface area contributed by atoms with Crippen molar-refractivity contribution in [2.24, 2.45) is 11.8 Å². The summed E-state index contributed by atoms with van der Waals surface area (Å²) in [6.07, 6.45) is 2.76. The van der Waals surface area contributed by atoms with Crippen LogP contribution in [0.25, 0.3) is 0 Å². The quantitative estimate of drug-likeness (QED) is 0.469. The second-order valence-corrected chi connectivity index (χ2v) is 6.67. The highest BCUT2D eigenvalue weighted by atomic mass is 16.6. The zero-order valence-electron chi connectivity index (χ0n) is 15.0. The first-order valence-corrected chi connectivity index (χ1v) is 8.65. The van der Waals surface area contributed by atoms with Crippen LogP contribution < -0.4 is 0 Å². The van der Waals surface area contributed by atoms with Crippen LogP contribution in [0.2, 0.25) is 0 Å². The van der Waals surface area contributed by atoms with E-state index in [2.05, 4.69) is 0 Å². The third kappa shape index (κ3) is 3.49. The zero-order chi connectivity index (χ0) is 18.8. The SMILES string of the molecule is CC(=O)O[C@H]1C=CC[C@@H]2[C@H]1[C@H](OC(C)=O)c1ccccc1[C@@H]2OC(C)=O. The maximum absolute atomic E-state index is 11.8. The van der Waals surface area contributed by atoms with Crippen molar-refractivity contribution in [2.45, 2.75) is 45.5 Å². The van der Waals surface area contributed by atoms with Gasteiger partial charge in [0.05, 0.1) is 0 Å². The fourth-order valence-corrected chi connectivity index (χ4v) is 4.05. The molecule has 0 radical (unpaired) electrons. The van der Waals surface area contributed by atoms with E-state index in [-0.39, 0.29) is 17.8 Å². The maximum Gasteiger partial charge on any atom is 0.303 e. The van der Waals surface area contributed by atoms with Crippen molar-refractivity contribution < 1.29 is 28.6 Å². The molecule has 138 valence electrons. The molecule has 0 heterocycles. The van der Waals surface area contributed by atoms with Gasteiger partial charge in [-0.2, -0.15) is 0 Å². The summed E-state index contributed by atoms with van der Waals surface area (Å²) in [5, 5.41) is 0. The van der Waals surface area contributed by atoms with Crippen molar-refractivity contribution in [3.8, 4) is 0 Å². The molecule has 1 aromatic carbocycles. The predicted octanol–water partition coefficient (Wildman–Crippen LogP) is 3.03. The number of carbonyl (C=O) groups is 3. The Morgan fingerprint density at radius 3 is 1.96 bits per heavy atom. The first-order chi connectivity index (χ1) is 12.4. The van der Waals surface area contributed by atoms with Gasteiger partial charge >= 0.3 is 17.9 Å². The van der Waals surface area contributed by atoms with Crippen LogP contribution in [0, 0.1) is 11.8 Å². The Morgan fingerprint density at radius 2 is 1.38 bits per heavy atom. The van der Waals surface area contributed by atoms with Crippen molar-refractivity contribution in [2.75, 3.05) is 0 Å². The molecule has 0 amide bonds. The number of rotatable bonds is 3. The van der Waals surface area contributed by atoms with E-state index in [1.54, 1.807) is 0 Å². The second kappa shape index (κ2) is 7.32. The van der Waals surface area contributed by atoms with Gasteiger partial charge in [0.15, 0.2) is 0 Å². The molecular weight excluding hydrogens is 336 g/mol. The lowest BCUT2D eigenvalue weighted by atomic mass is 9.66. The molecule has 26 heavy (non-hydrogen) atoms. The molecule has 0 saturated carbocycles. The van der Waals surface area contributed by atoms with Crippen molar-refractivity contribution in [1.82, 2.24) is 0 Å². The molecule has 2 aliphatic carbocycles. The van der Waals surface area contributed by atoms with Gasteiger partial charge in [-0.15, -0.1) is 0 Å². The van der Waals surface area contributed by atoms with Crippen molar-refractivity contribution in [3.05, 3.63) is 47.5 Å². The van der Waals surface area contributed by atoms with Crippen LogP contribution in [-0.4, -0.2) is 24.0 Å². The molecule has 6 heteroatoms. The second-order valence-electron chi connectivity index (χ2n) is 6.67. The molecule has 1 aromatic rings. The van der Waals surface area contributed by atoms with Crippen LogP contribution in [0.1, 0.15) is 50.5 Å². The van der Waals surface area contributed by atoms with Crippen LogP contribution in [0.4, 0.5) is 0 Å². The van der Waals surface area contributed by atoms with E-state index < -0.39 is 30.3 Å². The number of ether oxygens (including phenoxy) is 3. The first kappa shape index (κ1) is 18.2. The molecule has 0 N–H and O–H groups in total. The Kier molecular flexibility index (Phi) is 5.11. The largest absolute Gasteiger partial charge is 0.458 e. The van der Waals surface area contributed by atoms with E-state index >= 15 is 0 Å². The fraction of sp³-hybridized carbons (Fsp3) is 0.450. The van der Waals surface area contributed by atoms with Gasteiger partial charge in [-0.25, -0.2) is 0 Å². The minimum atomic E-state index is -0.574. The van der Waals surface area contributed by atoms with Crippen LogP contribution in [-0.2, 0) is 28.6 Å². The number of carbonyl (C=O) groups excluding carboxylic acids is 3. The Bertz CT molecular complexity index is 752. The Morgan fingerprint density at radius 1 is 0.846 bits per heavy atom. The van der Waals surface area contributed by atoms with Gasteiger partial charge in [-0.1, -0.05) is 30.3 Å². The Hall–Kier alpha value is -2.63. The van der Waals surface area contributed by atoms with E-state index in [1.807, 2.05) is 36.4 Å². The van der Waals surface area contributed by atoms with E-state index in [1.165, 1.54) is 20.8 Å². The molecule has 0 bridgehead atoms. The summed E-state index contributed by atoms with van der Waals surface area (Å²) in [6, 6.07) is 7.45. The Balaban J connectivity index is 2.11. The molecule has 0 fully saturated rings. The van der Waals surface area contributed by atoms with E-state index in [9.17, 15) is 14.4 Å². The van der Waals surface area contributed by atoms with Crippen LogP contribution >= 0.6 is 0 Å². The van der Waals surface area contributed by atoms with Gasteiger partial charge in [-0.3, -0.25) is 14.4 Å². The molecule has 0 aromatic heterocycles. The molecule has 5 atom stereocenters. The predicted molar refractivity (Wildman–Crippen MR) is 91.7 cm³/mol. The molecule has 0 unspecified atom stereocenters. The van der Waals surface area contributed by atoms with Crippen molar-refractivity contribution in [1.29, 1.82) is 0 Å². The van der Waals surface area contributed by atoms with E-state index in [0.717, 1.165) is 11.1 Å². The summed E-state index contributed by atoms with van der Waals surface area (Å²) < 4.78 is 16.8. The highest BCUT2D eigenvalue weighted by molar-refractivity contribution is 5.68. The molecular formula is C20H22O6. The molecule has 2 aliphatic rings. The third-order valence-corrected chi connectivity index (χ3v) is 4.84. The average Bonchev–Trinajstić information content (AvgIpc) is 2.56. The molecule has 0 saturated heterocycles. The average molecular weight is 358 g/mol. The number of hydrogen-bond donors (Lipinski definition) is 0. The third-order valence-electron chi connectivity index (χ3n) is 4.84. The first-order valence-electron chi connectivity index (χ1n) is 8.65. The van der Waals surface area contributed by atoms with Gasteiger partial charge in [-0.05, 0) is 23.6 Å². The normalized spacial score (nSPS) is 29.1. The van der Waals surface area contributed by atoms with Gasteiger partial charge in [0.2, 0.25) is 0 Å². The summed E-state index contributed by atoms with van der Waals surface area (Å²) in [7, 11) is 0. The lowest BCUT2D eigenvalue weighted by Gasteiger charge is -2.46. The van der Waals surface area contributed by atoms with Crippen LogP contribution in [0.15, 0.2) is 36.4 Å². The van der Waals surface area contributed by atoms with Crippen molar-refractivity contribution >= 4 is 17.9 Å². The lowest BCUT2D eigenvalue weighted by Crippen LogP contribution is -2.45. The number of esters is 3. The number of allylic oxidation sites excluding steroid dienone is 1. The zero-order valence-corrected chi connectivity index (χ0v) is 15.0. The standard InChI is InChI=1S/C20H22O6/c1-11(21)24-17-10-6-9-16-18(17)20(26-13(3)23)15-8-5-4-7-14(15)19(16)25-12(2)22/h4-8,10,16-20H,9H2,1-3H3/t16-,17+,18-,19+,20-/m1/s1. The fourth-order valence-electron chi connectivity index (χ4n) is 4.05. The number of hydrogen-bond acceptors (Lipinski definition) is 6. The highest BCUT2D eigenvalue weighted by Gasteiger charge is 2.50.